The number of anilines is 1. The normalized spacial score (nSPS) is 10.2. The predicted molar refractivity (Wildman–Crippen MR) is 107 cm³/mol. The van der Waals surface area contributed by atoms with Crippen molar-refractivity contribution < 1.29 is 13.9 Å². The quantitative estimate of drug-likeness (QED) is 0.624. The van der Waals surface area contributed by atoms with E-state index in [1.807, 2.05) is 24.3 Å². The average Bonchev–Trinajstić information content (AvgIpc) is 2.73. The van der Waals surface area contributed by atoms with Crippen LogP contribution in [0.1, 0.15) is 5.56 Å². The number of nitriles is 1. The Morgan fingerprint density at radius 1 is 1.21 bits per heavy atom. The third-order valence-corrected chi connectivity index (χ3v) is 4.81. The van der Waals surface area contributed by atoms with Crippen LogP contribution in [0.25, 0.3) is 11.3 Å². The zero-order valence-corrected chi connectivity index (χ0v) is 15.8. The molecular weight excluding hydrogens is 377 g/mol. The lowest BCUT2D eigenvalue weighted by molar-refractivity contribution is -0.113. The van der Waals surface area contributed by atoms with E-state index in [2.05, 4.69) is 16.4 Å². The maximum Gasteiger partial charge on any atom is 0.234 e. The molecule has 0 fully saturated rings. The second-order valence-corrected chi connectivity index (χ2v) is 6.70. The molecular formula is C21H16FN3O2S. The number of carbonyl (C=O) groups is 1. The number of hydrogen-bond acceptors (Lipinski definition) is 5. The molecule has 0 saturated heterocycles. The van der Waals surface area contributed by atoms with Gasteiger partial charge in [0.25, 0.3) is 0 Å². The van der Waals surface area contributed by atoms with Gasteiger partial charge >= 0.3 is 0 Å². The second-order valence-electron chi connectivity index (χ2n) is 5.74. The zero-order chi connectivity index (χ0) is 19.9. The van der Waals surface area contributed by atoms with Crippen molar-refractivity contribution in [3.63, 3.8) is 0 Å². The molecule has 0 aliphatic heterocycles. The summed E-state index contributed by atoms with van der Waals surface area (Å²) in [6.07, 6.45) is 0. The van der Waals surface area contributed by atoms with E-state index in [9.17, 15) is 14.4 Å². The molecule has 0 aliphatic rings. The third-order valence-electron chi connectivity index (χ3n) is 3.81. The molecule has 3 aromatic rings. The maximum absolute atomic E-state index is 12.9. The van der Waals surface area contributed by atoms with Gasteiger partial charge in [-0.05, 0) is 48.5 Å². The van der Waals surface area contributed by atoms with Crippen molar-refractivity contribution in [3.05, 3.63) is 72.0 Å². The Bertz CT molecular complexity index is 1030. The molecule has 0 bridgehead atoms. The average molecular weight is 393 g/mol. The van der Waals surface area contributed by atoms with Crippen LogP contribution < -0.4 is 10.1 Å². The van der Waals surface area contributed by atoms with E-state index in [1.54, 1.807) is 19.2 Å². The van der Waals surface area contributed by atoms with Crippen molar-refractivity contribution in [2.24, 2.45) is 0 Å². The van der Waals surface area contributed by atoms with Gasteiger partial charge < -0.3 is 10.1 Å². The van der Waals surface area contributed by atoms with Crippen molar-refractivity contribution in [3.8, 4) is 23.1 Å². The minimum Gasteiger partial charge on any atom is -0.497 e. The largest absolute Gasteiger partial charge is 0.497 e. The Hall–Kier alpha value is -3.37. The van der Waals surface area contributed by atoms with E-state index in [1.165, 1.54) is 36.0 Å². The molecule has 2 aromatic carbocycles. The smallest absolute Gasteiger partial charge is 0.234 e. The summed E-state index contributed by atoms with van der Waals surface area (Å²) in [4.78, 5) is 16.7. The summed E-state index contributed by atoms with van der Waals surface area (Å²) < 4.78 is 18.2. The van der Waals surface area contributed by atoms with E-state index in [0.717, 1.165) is 5.56 Å². The first-order valence-electron chi connectivity index (χ1n) is 8.33. The van der Waals surface area contributed by atoms with Gasteiger partial charge in [0.2, 0.25) is 5.91 Å². The fourth-order valence-corrected chi connectivity index (χ4v) is 3.22. The lowest BCUT2D eigenvalue weighted by Crippen LogP contribution is -2.14. The molecule has 7 heteroatoms. The summed E-state index contributed by atoms with van der Waals surface area (Å²) in [6, 6.07) is 18.5. The van der Waals surface area contributed by atoms with Crippen LogP contribution in [0.15, 0.2) is 65.7 Å². The third kappa shape index (κ3) is 4.87. The number of benzene rings is 2. The van der Waals surface area contributed by atoms with Crippen LogP contribution in [0.5, 0.6) is 5.75 Å². The summed E-state index contributed by atoms with van der Waals surface area (Å²) in [7, 11) is 1.59. The van der Waals surface area contributed by atoms with Gasteiger partial charge in [-0.2, -0.15) is 5.26 Å². The number of amides is 1. The number of halogens is 1. The number of hydrogen-bond donors (Lipinski definition) is 1. The van der Waals surface area contributed by atoms with E-state index < -0.39 is 0 Å². The van der Waals surface area contributed by atoms with Gasteiger partial charge in [0.1, 0.15) is 22.7 Å². The van der Waals surface area contributed by atoms with Gasteiger partial charge in [0.15, 0.2) is 0 Å². The zero-order valence-electron chi connectivity index (χ0n) is 15.0. The molecule has 1 N–H and O–H groups in total. The van der Waals surface area contributed by atoms with Crippen molar-refractivity contribution in [1.29, 1.82) is 5.26 Å². The Morgan fingerprint density at radius 3 is 2.71 bits per heavy atom. The van der Waals surface area contributed by atoms with Crippen LogP contribution in [-0.4, -0.2) is 23.8 Å². The van der Waals surface area contributed by atoms with Gasteiger partial charge in [0, 0.05) is 11.3 Å². The van der Waals surface area contributed by atoms with Crippen LogP contribution in [0, 0.1) is 17.1 Å². The van der Waals surface area contributed by atoms with Crippen LogP contribution in [0.4, 0.5) is 10.1 Å². The molecule has 0 spiro atoms. The maximum atomic E-state index is 12.9. The van der Waals surface area contributed by atoms with E-state index in [-0.39, 0.29) is 17.5 Å². The Balaban J connectivity index is 1.74. The number of rotatable bonds is 6. The first kappa shape index (κ1) is 19.4. The molecule has 1 heterocycles. The second kappa shape index (κ2) is 9.02. The molecule has 28 heavy (non-hydrogen) atoms. The van der Waals surface area contributed by atoms with Gasteiger partial charge in [-0.15, -0.1) is 0 Å². The first-order chi connectivity index (χ1) is 13.6. The van der Waals surface area contributed by atoms with E-state index in [4.69, 9.17) is 4.74 Å². The summed E-state index contributed by atoms with van der Waals surface area (Å²) in [6.45, 7) is 0. The molecule has 5 nitrogen and oxygen atoms in total. The summed E-state index contributed by atoms with van der Waals surface area (Å²) in [5, 5.41) is 12.5. The highest BCUT2D eigenvalue weighted by molar-refractivity contribution is 8.00. The standard InChI is InChI=1S/C21H16FN3O2S/c1-27-18-4-2-3-14(11-18)19-10-5-15(12-23)21(25-19)28-13-20(26)24-17-8-6-16(22)7-9-17/h2-11H,13H2,1H3,(H,24,26). The predicted octanol–water partition coefficient (Wildman–Crippen LogP) is 4.50. The minimum atomic E-state index is -0.371. The molecule has 1 amide bonds. The van der Waals surface area contributed by atoms with Crippen LogP contribution >= 0.6 is 11.8 Å². The first-order valence-corrected chi connectivity index (χ1v) is 9.31. The highest BCUT2D eigenvalue weighted by Crippen LogP contribution is 2.27. The lowest BCUT2D eigenvalue weighted by atomic mass is 10.1. The van der Waals surface area contributed by atoms with Crippen molar-refractivity contribution in [2.45, 2.75) is 5.03 Å². The van der Waals surface area contributed by atoms with E-state index >= 15 is 0 Å². The number of carbonyl (C=O) groups excluding carboxylic acids is 1. The fourth-order valence-electron chi connectivity index (χ4n) is 2.44. The Kier molecular flexibility index (Phi) is 6.25. The number of nitrogens with zero attached hydrogens (tertiary/aromatic N) is 2. The van der Waals surface area contributed by atoms with E-state index in [0.29, 0.717) is 27.7 Å². The topological polar surface area (TPSA) is 75.0 Å². The monoisotopic (exact) mass is 393 g/mol. The van der Waals surface area contributed by atoms with Gasteiger partial charge in [-0.1, -0.05) is 23.9 Å². The lowest BCUT2D eigenvalue weighted by Gasteiger charge is -2.08. The summed E-state index contributed by atoms with van der Waals surface area (Å²) >= 11 is 1.17. The molecule has 1 aromatic heterocycles. The van der Waals surface area contributed by atoms with Crippen molar-refractivity contribution >= 4 is 23.4 Å². The van der Waals surface area contributed by atoms with Crippen LogP contribution in [0.3, 0.4) is 0 Å². The highest BCUT2D eigenvalue weighted by Gasteiger charge is 2.11. The van der Waals surface area contributed by atoms with Crippen LogP contribution in [0.2, 0.25) is 0 Å². The Morgan fingerprint density at radius 2 is 2.00 bits per heavy atom. The highest BCUT2D eigenvalue weighted by atomic mass is 32.2. The number of aromatic nitrogens is 1. The molecule has 0 saturated carbocycles. The SMILES string of the molecule is COc1cccc(-c2ccc(C#N)c(SCC(=O)Nc3ccc(F)cc3)n2)c1. The number of pyridine rings is 1. The number of ether oxygens (including phenoxy) is 1. The number of thioether (sulfide) groups is 1. The molecule has 140 valence electrons. The fraction of sp³-hybridized carbons (Fsp3) is 0.0952. The molecule has 0 atom stereocenters. The Labute approximate surface area is 166 Å². The van der Waals surface area contributed by atoms with Crippen molar-refractivity contribution in [1.82, 2.24) is 4.98 Å². The summed E-state index contributed by atoms with van der Waals surface area (Å²) in [5.74, 6) is 0.135. The minimum absolute atomic E-state index is 0.0701. The molecule has 0 aliphatic carbocycles. The van der Waals surface area contributed by atoms with Gasteiger partial charge in [0.05, 0.1) is 24.1 Å². The number of methoxy groups -OCH3 is 1. The molecule has 3 rings (SSSR count). The van der Waals surface area contributed by atoms with Crippen molar-refractivity contribution in [2.75, 3.05) is 18.2 Å². The van der Waals surface area contributed by atoms with Gasteiger partial charge in [-0.3, -0.25) is 4.79 Å². The number of nitrogens with one attached hydrogen (secondary N) is 1. The van der Waals surface area contributed by atoms with Crippen LogP contribution in [-0.2, 0) is 4.79 Å². The van der Waals surface area contributed by atoms with Gasteiger partial charge in [-0.25, -0.2) is 9.37 Å². The molecule has 0 radical (unpaired) electrons. The molecule has 0 unspecified atom stereocenters. The summed E-state index contributed by atoms with van der Waals surface area (Å²) in [5.41, 5.74) is 2.43.